The van der Waals surface area contributed by atoms with Gasteiger partial charge in [-0.2, -0.15) is 0 Å². The Morgan fingerprint density at radius 2 is 1.87 bits per heavy atom. The van der Waals surface area contributed by atoms with Crippen molar-refractivity contribution >= 4 is 43.2 Å². The van der Waals surface area contributed by atoms with Crippen LogP contribution in [0.15, 0.2) is 52.2 Å². The average Bonchev–Trinajstić information content (AvgIpc) is 3.37. The molecule has 0 saturated heterocycles. The SMILES string of the molecule is O=c1sc2cc(S(=O)(=O)NCCCOC3CCCC3)ccc2n1Cc1ccc(Cl)cc1. The first-order valence-electron chi connectivity index (χ1n) is 10.4. The summed E-state index contributed by atoms with van der Waals surface area (Å²) in [4.78, 5) is 12.5. The van der Waals surface area contributed by atoms with Crippen LogP contribution in [0.2, 0.25) is 5.02 Å². The van der Waals surface area contributed by atoms with Crippen LogP contribution in [0.25, 0.3) is 10.2 Å². The number of aromatic nitrogens is 1. The predicted molar refractivity (Wildman–Crippen MR) is 125 cm³/mol. The average molecular weight is 481 g/mol. The van der Waals surface area contributed by atoms with Crippen LogP contribution in [0.4, 0.5) is 0 Å². The summed E-state index contributed by atoms with van der Waals surface area (Å²) >= 11 is 6.97. The van der Waals surface area contributed by atoms with Crippen molar-refractivity contribution in [2.75, 3.05) is 13.2 Å². The molecule has 0 unspecified atom stereocenters. The van der Waals surface area contributed by atoms with Crippen LogP contribution in [0.1, 0.15) is 37.7 Å². The molecule has 0 radical (unpaired) electrons. The number of halogens is 1. The monoisotopic (exact) mass is 480 g/mol. The number of rotatable bonds is 9. The molecule has 31 heavy (non-hydrogen) atoms. The van der Waals surface area contributed by atoms with E-state index in [1.807, 2.05) is 12.1 Å². The molecule has 1 saturated carbocycles. The number of fused-ring (bicyclic) bond motifs is 1. The van der Waals surface area contributed by atoms with Crippen molar-refractivity contribution in [1.82, 2.24) is 9.29 Å². The Labute approximate surface area is 190 Å². The molecule has 166 valence electrons. The fourth-order valence-electron chi connectivity index (χ4n) is 3.80. The maximum absolute atomic E-state index is 12.7. The Kier molecular flexibility index (Phi) is 7.13. The van der Waals surface area contributed by atoms with E-state index < -0.39 is 10.0 Å². The Hall–Kier alpha value is -1.71. The molecular formula is C22H25ClN2O4S2. The van der Waals surface area contributed by atoms with Crippen LogP contribution < -0.4 is 9.60 Å². The predicted octanol–water partition coefficient (Wildman–Crippen LogP) is 4.39. The van der Waals surface area contributed by atoms with Gasteiger partial charge in [0, 0.05) is 18.2 Å². The largest absolute Gasteiger partial charge is 0.378 e. The van der Waals surface area contributed by atoms with Crippen molar-refractivity contribution in [2.24, 2.45) is 0 Å². The molecule has 0 atom stereocenters. The molecule has 0 spiro atoms. The highest BCUT2D eigenvalue weighted by Gasteiger charge is 2.18. The molecule has 3 aromatic rings. The number of sulfonamides is 1. The van der Waals surface area contributed by atoms with Gasteiger partial charge in [-0.1, -0.05) is 47.9 Å². The highest BCUT2D eigenvalue weighted by molar-refractivity contribution is 7.89. The van der Waals surface area contributed by atoms with Gasteiger partial charge in [0.2, 0.25) is 10.0 Å². The minimum atomic E-state index is -3.64. The van der Waals surface area contributed by atoms with E-state index in [1.165, 1.54) is 12.8 Å². The number of hydrogen-bond acceptors (Lipinski definition) is 5. The second kappa shape index (κ2) is 9.83. The molecule has 0 bridgehead atoms. The molecular weight excluding hydrogens is 456 g/mol. The molecule has 1 aliphatic rings. The zero-order valence-corrected chi connectivity index (χ0v) is 19.4. The summed E-state index contributed by atoms with van der Waals surface area (Å²) in [5.41, 5.74) is 1.67. The van der Waals surface area contributed by atoms with Crippen LogP contribution in [0, 0.1) is 0 Å². The van der Waals surface area contributed by atoms with Gasteiger partial charge >= 0.3 is 4.87 Å². The van der Waals surface area contributed by atoms with E-state index in [0.717, 1.165) is 29.7 Å². The Morgan fingerprint density at radius 3 is 2.61 bits per heavy atom. The van der Waals surface area contributed by atoms with Crippen LogP contribution in [-0.2, 0) is 21.3 Å². The van der Waals surface area contributed by atoms with E-state index in [-0.39, 0.29) is 9.77 Å². The van der Waals surface area contributed by atoms with Gasteiger partial charge in [-0.05, 0) is 55.2 Å². The smallest absolute Gasteiger partial charge is 0.308 e. The quantitative estimate of drug-likeness (QED) is 0.461. The fraction of sp³-hybridized carbons (Fsp3) is 0.409. The zero-order chi connectivity index (χ0) is 21.8. The maximum Gasteiger partial charge on any atom is 0.308 e. The molecule has 1 aliphatic carbocycles. The second-order valence-corrected chi connectivity index (χ2v) is 10.9. The number of benzene rings is 2. The number of hydrogen-bond donors (Lipinski definition) is 1. The Balaban J connectivity index is 1.42. The summed E-state index contributed by atoms with van der Waals surface area (Å²) < 4.78 is 36.0. The summed E-state index contributed by atoms with van der Waals surface area (Å²) in [5, 5.41) is 0.638. The summed E-state index contributed by atoms with van der Waals surface area (Å²) in [7, 11) is -3.64. The lowest BCUT2D eigenvalue weighted by Crippen LogP contribution is -2.26. The molecule has 0 aliphatic heterocycles. The lowest BCUT2D eigenvalue weighted by molar-refractivity contribution is 0.0575. The van der Waals surface area contributed by atoms with Crippen molar-refractivity contribution in [3.05, 3.63) is 62.7 Å². The fourth-order valence-corrected chi connectivity index (χ4v) is 6.03. The van der Waals surface area contributed by atoms with Gasteiger partial charge in [0.15, 0.2) is 0 Å². The van der Waals surface area contributed by atoms with Crippen molar-refractivity contribution in [1.29, 1.82) is 0 Å². The van der Waals surface area contributed by atoms with Gasteiger partial charge in [0.25, 0.3) is 0 Å². The van der Waals surface area contributed by atoms with Crippen LogP contribution in [-0.4, -0.2) is 32.2 Å². The van der Waals surface area contributed by atoms with E-state index in [1.54, 1.807) is 34.9 Å². The lowest BCUT2D eigenvalue weighted by atomic mass is 10.2. The van der Waals surface area contributed by atoms with Crippen LogP contribution in [0.5, 0.6) is 0 Å². The van der Waals surface area contributed by atoms with Gasteiger partial charge in [-0.15, -0.1) is 0 Å². The van der Waals surface area contributed by atoms with Gasteiger partial charge in [-0.25, -0.2) is 13.1 Å². The van der Waals surface area contributed by atoms with Crippen molar-refractivity contribution < 1.29 is 13.2 Å². The number of ether oxygens (including phenoxy) is 1. The molecule has 4 rings (SSSR count). The normalized spacial score (nSPS) is 15.1. The standard InChI is InChI=1S/C22H25ClN2O4S2/c23-17-8-6-16(7-9-17)15-25-20-11-10-19(14-21(20)30-22(25)26)31(27,28)24-12-3-13-29-18-4-1-2-5-18/h6-11,14,18,24H,1-5,12-13,15H2. The maximum atomic E-state index is 12.7. The third-order valence-corrected chi connectivity index (χ3v) is 8.13. The third kappa shape index (κ3) is 5.56. The minimum absolute atomic E-state index is 0.128. The molecule has 1 aromatic heterocycles. The summed E-state index contributed by atoms with van der Waals surface area (Å²) in [6, 6.07) is 12.1. The number of thiazole rings is 1. The highest BCUT2D eigenvalue weighted by atomic mass is 35.5. The molecule has 0 amide bonds. The van der Waals surface area contributed by atoms with E-state index >= 15 is 0 Å². The summed E-state index contributed by atoms with van der Waals surface area (Å²) in [6.07, 6.45) is 5.60. The molecule has 1 heterocycles. The van der Waals surface area contributed by atoms with Gasteiger partial charge in [-0.3, -0.25) is 9.36 Å². The second-order valence-electron chi connectivity index (χ2n) is 7.74. The topological polar surface area (TPSA) is 77.4 Å². The molecule has 6 nitrogen and oxygen atoms in total. The van der Waals surface area contributed by atoms with E-state index in [4.69, 9.17) is 16.3 Å². The van der Waals surface area contributed by atoms with Gasteiger partial charge in [0.05, 0.1) is 27.8 Å². The van der Waals surface area contributed by atoms with Crippen molar-refractivity contribution in [3.8, 4) is 0 Å². The lowest BCUT2D eigenvalue weighted by Gasteiger charge is -2.11. The molecule has 1 fully saturated rings. The molecule has 2 aromatic carbocycles. The van der Waals surface area contributed by atoms with Crippen molar-refractivity contribution in [2.45, 2.75) is 49.6 Å². The number of nitrogens with one attached hydrogen (secondary N) is 1. The Bertz CT molecular complexity index is 1200. The van der Waals surface area contributed by atoms with E-state index in [0.29, 0.717) is 47.5 Å². The zero-order valence-electron chi connectivity index (χ0n) is 17.1. The molecule has 9 heteroatoms. The van der Waals surface area contributed by atoms with E-state index in [9.17, 15) is 13.2 Å². The highest BCUT2D eigenvalue weighted by Crippen LogP contribution is 2.23. The van der Waals surface area contributed by atoms with Crippen molar-refractivity contribution in [3.63, 3.8) is 0 Å². The first-order valence-corrected chi connectivity index (χ1v) is 13.1. The molecule has 1 N–H and O–H groups in total. The third-order valence-electron chi connectivity index (χ3n) is 5.47. The van der Waals surface area contributed by atoms with Gasteiger partial charge < -0.3 is 4.74 Å². The first-order chi connectivity index (χ1) is 14.9. The van der Waals surface area contributed by atoms with Crippen LogP contribution in [0.3, 0.4) is 0 Å². The van der Waals surface area contributed by atoms with Crippen LogP contribution >= 0.6 is 22.9 Å². The number of nitrogens with zero attached hydrogens (tertiary/aromatic N) is 1. The minimum Gasteiger partial charge on any atom is -0.378 e. The van der Waals surface area contributed by atoms with Gasteiger partial charge in [0.1, 0.15) is 0 Å². The first kappa shape index (κ1) is 22.5. The Morgan fingerprint density at radius 1 is 1.13 bits per heavy atom. The summed E-state index contributed by atoms with van der Waals surface area (Å²) in [5.74, 6) is 0. The van der Waals surface area contributed by atoms with E-state index in [2.05, 4.69) is 4.72 Å². The summed E-state index contributed by atoms with van der Waals surface area (Å²) in [6.45, 7) is 1.28.